The van der Waals surface area contributed by atoms with Crippen molar-refractivity contribution in [1.29, 1.82) is 0 Å². The third-order valence-corrected chi connectivity index (χ3v) is 10.7. The molecule has 15 nitrogen and oxygen atoms in total. The number of rotatable bonds is 7. The Balaban J connectivity index is 1.46. The number of anilines is 1. The number of aliphatic carboxylic acids is 2. The monoisotopic (exact) mass is 577 g/mol. The highest BCUT2D eigenvalue weighted by Gasteiger charge is 2.74. The van der Waals surface area contributed by atoms with Crippen molar-refractivity contribution in [2.24, 2.45) is 11.1 Å². The molecule has 37 heavy (non-hydrogen) atoms. The fraction of sp³-hybridized carbons (Fsp3) is 0.526. The first-order valence-electron chi connectivity index (χ1n) is 10.8. The van der Waals surface area contributed by atoms with Crippen molar-refractivity contribution in [3.05, 3.63) is 10.0 Å². The smallest absolute Gasteiger partial charge is 0.370 e. The highest BCUT2D eigenvalue weighted by molar-refractivity contribution is 8.03. The lowest BCUT2D eigenvalue weighted by atomic mass is 9.89. The molecule has 3 saturated heterocycles. The van der Waals surface area contributed by atoms with Crippen LogP contribution in [0.25, 0.3) is 0 Å². The number of nitrogens with two attached hydrogens (primary N) is 1. The van der Waals surface area contributed by atoms with E-state index < -0.39 is 74.0 Å². The van der Waals surface area contributed by atoms with E-state index in [0.29, 0.717) is 0 Å². The molecular formula is C19H20ClN5O10S2. The lowest BCUT2D eigenvalue weighted by molar-refractivity contribution is -0.216. The van der Waals surface area contributed by atoms with Gasteiger partial charge in [-0.3, -0.25) is 23.5 Å². The second kappa shape index (κ2) is 8.09. The third kappa shape index (κ3) is 3.66. The van der Waals surface area contributed by atoms with Gasteiger partial charge in [0, 0.05) is 18.6 Å². The average molecular weight is 578 g/mol. The van der Waals surface area contributed by atoms with Crippen LogP contribution in [0.15, 0.2) is 5.16 Å². The Bertz CT molecular complexity index is 1360. The molecule has 4 aliphatic rings. The molecule has 1 aliphatic carbocycles. The highest BCUT2D eigenvalue weighted by atomic mass is 35.5. The summed E-state index contributed by atoms with van der Waals surface area (Å²) in [5.41, 5.74) is 0.885. The molecule has 0 aromatic carbocycles. The molecule has 5 N–H and O–H groups in total. The number of esters is 1. The molecule has 0 bridgehead atoms. The number of oxime groups is 1. The van der Waals surface area contributed by atoms with Crippen molar-refractivity contribution in [1.82, 2.24) is 15.2 Å². The molecule has 4 atom stereocenters. The van der Waals surface area contributed by atoms with Gasteiger partial charge in [0.25, 0.3) is 17.5 Å². The first kappa shape index (κ1) is 25.3. The maximum atomic E-state index is 13.5. The number of aromatic nitrogens is 1. The van der Waals surface area contributed by atoms with Crippen molar-refractivity contribution in [2.75, 3.05) is 17.7 Å². The summed E-state index contributed by atoms with van der Waals surface area (Å²) in [6.07, 6.45) is 1.31. The van der Waals surface area contributed by atoms with E-state index in [-0.39, 0.29) is 40.2 Å². The Labute approximate surface area is 217 Å². The number of β-lactam (4-membered cyclic amide) rings is 1. The zero-order valence-electron chi connectivity index (χ0n) is 18.9. The Kier molecular flexibility index (Phi) is 5.54. The number of hydrogen-bond donors (Lipinski definition) is 5. The van der Waals surface area contributed by atoms with Gasteiger partial charge in [-0.25, -0.2) is 14.6 Å². The number of nitrogens with zero attached hydrogens (tertiary/aromatic N) is 3. The number of halogens is 1. The van der Waals surface area contributed by atoms with Gasteiger partial charge in [-0.2, -0.15) is 0 Å². The number of amides is 2. The van der Waals surface area contributed by atoms with E-state index >= 15 is 0 Å². The minimum atomic E-state index is -3.34. The van der Waals surface area contributed by atoms with E-state index in [1.807, 2.05) is 0 Å². The number of carbonyl (C=O) groups is 5. The van der Waals surface area contributed by atoms with Crippen LogP contribution in [0.3, 0.4) is 0 Å². The Morgan fingerprint density at radius 3 is 2.54 bits per heavy atom. The molecule has 200 valence electrons. The van der Waals surface area contributed by atoms with Crippen LogP contribution in [0.1, 0.15) is 25.0 Å². The first-order chi connectivity index (χ1) is 17.2. The zero-order chi connectivity index (χ0) is 27.1. The van der Waals surface area contributed by atoms with Gasteiger partial charge < -0.3 is 30.8 Å². The molecule has 2 amide bonds. The minimum Gasteiger partial charge on any atom is -0.478 e. The van der Waals surface area contributed by atoms with Crippen LogP contribution in [-0.4, -0.2) is 94.5 Å². The fourth-order valence-electron chi connectivity index (χ4n) is 4.93. The van der Waals surface area contributed by atoms with Crippen molar-refractivity contribution in [3.8, 4) is 0 Å². The number of carboxylic acids is 2. The van der Waals surface area contributed by atoms with Gasteiger partial charge in [0.15, 0.2) is 10.8 Å². The van der Waals surface area contributed by atoms with Crippen molar-refractivity contribution in [2.45, 2.75) is 42.0 Å². The number of carboxylic acid groups (broad SMARTS) is 2. The van der Waals surface area contributed by atoms with E-state index in [4.69, 9.17) is 26.9 Å². The predicted molar refractivity (Wildman–Crippen MR) is 126 cm³/mol. The molecule has 5 rings (SSSR count). The van der Waals surface area contributed by atoms with E-state index in [1.54, 1.807) is 0 Å². The van der Waals surface area contributed by atoms with Gasteiger partial charge >= 0.3 is 17.9 Å². The largest absolute Gasteiger partial charge is 0.478 e. The molecular weight excluding hydrogens is 558 g/mol. The first-order valence-corrected chi connectivity index (χ1v) is 14.4. The van der Waals surface area contributed by atoms with E-state index in [9.17, 15) is 38.4 Å². The van der Waals surface area contributed by atoms with Crippen LogP contribution in [0.4, 0.5) is 5.13 Å². The number of thiazole rings is 1. The number of thiol groups is 1. The Morgan fingerprint density at radius 1 is 1.32 bits per heavy atom. The number of ether oxygens (including phenoxy) is 1. The van der Waals surface area contributed by atoms with Gasteiger partial charge in [-0.15, -0.1) is 0 Å². The van der Waals surface area contributed by atoms with Gasteiger partial charge in [-0.05, 0) is 6.26 Å². The molecule has 1 aromatic heterocycles. The molecule has 4 heterocycles. The Hall–Kier alpha value is -3.31. The lowest BCUT2D eigenvalue weighted by Gasteiger charge is -2.60. The summed E-state index contributed by atoms with van der Waals surface area (Å²) in [4.78, 5) is 71.9. The number of nitrogens with one attached hydrogen (secondary N) is 1. The third-order valence-electron chi connectivity index (χ3n) is 6.84. The van der Waals surface area contributed by atoms with E-state index in [0.717, 1.165) is 16.2 Å². The van der Waals surface area contributed by atoms with Gasteiger partial charge in [-0.1, -0.05) is 38.0 Å². The maximum absolute atomic E-state index is 13.5. The second-order valence-electron chi connectivity index (χ2n) is 9.31. The molecule has 4 fully saturated rings. The lowest BCUT2D eigenvalue weighted by Crippen LogP contribution is -2.85. The SMILES string of the molecule is C[SH]1(=O)C[C@@H]2CC(=O)O[C@]2(C(=O)O)N2C(=O)[C@@H](NC(=O)/C(=N\OC3(C(=O)O)CC3)c3nc(N)sc3Cl)[C@H]21. The number of nitrogen functional groups attached to an aromatic ring is 1. The summed E-state index contributed by atoms with van der Waals surface area (Å²) in [5, 5.41) is 24.0. The van der Waals surface area contributed by atoms with Crippen LogP contribution in [0.5, 0.6) is 0 Å². The summed E-state index contributed by atoms with van der Waals surface area (Å²) in [5.74, 6) is -6.96. The standard InChI is InChI=1S/C19H20ClN5O10S2/c1-37(33)5-6-4-7(26)34-19(6,16(31)32)25-13(28)10(14(25)37)22-12(27)9(8-11(20)36-17(21)23-8)24-35-18(2-3-18)15(29)30/h6,10,14,37H,2-5H2,1H3,(H2,21,23)(H,22,27)(H,29,30)(H,31,32)/b24-9-/t6-,10+,14+,19+/m0/s1. The summed E-state index contributed by atoms with van der Waals surface area (Å²) < 4.78 is 18.6. The fourth-order valence-corrected chi connectivity index (χ4v) is 8.93. The average Bonchev–Trinajstić information content (AvgIpc) is 3.42. The quantitative estimate of drug-likeness (QED) is 0.0809. The van der Waals surface area contributed by atoms with Gasteiger partial charge in [0.05, 0.1) is 12.3 Å². The topological polar surface area (TPSA) is 228 Å². The summed E-state index contributed by atoms with van der Waals surface area (Å²) in [7, 11) is -3.34. The molecule has 1 saturated carbocycles. The molecule has 0 radical (unpaired) electrons. The molecule has 0 unspecified atom stereocenters. The number of carbonyl (C=O) groups excluding carboxylic acids is 3. The van der Waals surface area contributed by atoms with Crippen LogP contribution < -0.4 is 11.1 Å². The number of fused-ring (bicyclic) bond motifs is 3. The summed E-state index contributed by atoms with van der Waals surface area (Å²) in [6, 6.07) is -1.46. The molecule has 3 aliphatic heterocycles. The van der Waals surface area contributed by atoms with Crippen molar-refractivity contribution >= 4 is 73.4 Å². The van der Waals surface area contributed by atoms with Crippen LogP contribution in [-0.2, 0) is 43.5 Å². The molecule has 1 aromatic rings. The van der Waals surface area contributed by atoms with Gasteiger partial charge in [0.2, 0.25) is 5.60 Å². The summed E-state index contributed by atoms with van der Waals surface area (Å²) in [6.45, 7) is 0. The second-order valence-corrected chi connectivity index (χ2v) is 14.2. The van der Waals surface area contributed by atoms with Crippen molar-refractivity contribution < 1.29 is 48.0 Å². The molecule has 18 heteroatoms. The van der Waals surface area contributed by atoms with Crippen LogP contribution >= 0.6 is 22.9 Å². The minimum absolute atomic E-state index is 0.0337. The number of hydrogen-bond acceptors (Lipinski definition) is 12. The van der Waals surface area contributed by atoms with E-state index in [2.05, 4.69) is 15.5 Å². The summed E-state index contributed by atoms with van der Waals surface area (Å²) >= 11 is 6.93. The van der Waals surface area contributed by atoms with Gasteiger partial charge in [0.1, 0.15) is 21.4 Å². The van der Waals surface area contributed by atoms with Crippen molar-refractivity contribution in [3.63, 3.8) is 0 Å². The highest BCUT2D eigenvalue weighted by Crippen LogP contribution is 2.50. The van der Waals surface area contributed by atoms with Crippen LogP contribution in [0, 0.1) is 5.92 Å². The van der Waals surface area contributed by atoms with E-state index in [1.165, 1.54) is 6.26 Å². The van der Waals surface area contributed by atoms with Crippen LogP contribution in [0.2, 0.25) is 4.34 Å². The maximum Gasteiger partial charge on any atom is 0.370 e. The molecule has 0 spiro atoms. The predicted octanol–water partition coefficient (Wildman–Crippen LogP) is -1.63. The Morgan fingerprint density at radius 2 is 2.00 bits per heavy atom. The zero-order valence-corrected chi connectivity index (χ0v) is 21.3. The normalized spacial score (nSPS) is 31.8.